The van der Waals surface area contributed by atoms with Crippen LogP contribution in [0.15, 0.2) is 41.9 Å². The van der Waals surface area contributed by atoms with Crippen molar-refractivity contribution >= 4 is 27.2 Å². The highest BCUT2D eigenvalue weighted by Gasteiger charge is 2.10. The van der Waals surface area contributed by atoms with Crippen molar-refractivity contribution in [2.75, 3.05) is 5.73 Å². The average Bonchev–Trinajstić information content (AvgIpc) is 2.77. The second-order valence-electron chi connectivity index (χ2n) is 4.03. The van der Waals surface area contributed by atoms with Crippen LogP contribution in [0.25, 0.3) is 21.2 Å². The summed E-state index contributed by atoms with van der Waals surface area (Å²) in [6, 6.07) is 10.4. The van der Waals surface area contributed by atoms with Gasteiger partial charge in [-0.15, -0.1) is 11.3 Å². The van der Waals surface area contributed by atoms with E-state index in [2.05, 4.69) is 41.6 Å². The number of thiophene rings is 1. The van der Waals surface area contributed by atoms with Crippen LogP contribution in [0.5, 0.6) is 0 Å². The van der Waals surface area contributed by atoms with Gasteiger partial charge in [-0.3, -0.25) is 0 Å². The van der Waals surface area contributed by atoms with E-state index in [0.29, 0.717) is 5.82 Å². The van der Waals surface area contributed by atoms with Gasteiger partial charge in [-0.2, -0.15) is 0 Å². The molecule has 84 valence electrons. The third kappa shape index (κ3) is 1.59. The third-order valence-corrected chi connectivity index (χ3v) is 3.90. The molecular weight excluding hydrogens is 228 g/mol. The van der Waals surface area contributed by atoms with E-state index in [-0.39, 0.29) is 0 Å². The molecule has 2 aromatic heterocycles. The molecule has 1 aromatic carbocycles. The summed E-state index contributed by atoms with van der Waals surface area (Å²) in [7, 11) is 0. The topological polar surface area (TPSA) is 38.9 Å². The van der Waals surface area contributed by atoms with Gasteiger partial charge in [0, 0.05) is 22.0 Å². The van der Waals surface area contributed by atoms with Gasteiger partial charge in [-0.05, 0) is 35.4 Å². The van der Waals surface area contributed by atoms with Gasteiger partial charge in [0.15, 0.2) is 0 Å². The molecule has 0 bridgehead atoms. The molecule has 0 spiro atoms. The fourth-order valence-corrected chi connectivity index (χ4v) is 3.04. The second kappa shape index (κ2) is 3.86. The van der Waals surface area contributed by atoms with E-state index in [0.717, 1.165) is 5.56 Å². The lowest BCUT2D eigenvalue weighted by Crippen LogP contribution is -1.96. The molecular formula is C14H12N2S. The number of anilines is 1. The zero-order chi connectivity index (χ0) is 11.8. The van der Waals surface area contributed by atoms with Gasteiger partial charge < -0.3 is 5.73 Å². The number of rotatable bonds is 1. The number of nitrogen functional groups attached to an aromatic ring is 1. The summed E-state index contributed by atoms with van der Waals surface area (Å²) < 4.78 is 1.27. The predicted octanol–water partition coefficient (Wildman–Crippen LogP) is 3.85. The van der Waals surface area contributed by atoms with Crippen LogP contribution in [-0.4, -0.2) is 4.98 Å². The quantitative estimate of drug-likeness (QED) is 0.701. The number of hydrogen-bond donors (Lipinski definition) is 1. The molecule has 17 heavy (non-hydrogen) atoms. The van der Waals surface area contributed by atoms with Gasteiger partial charge in [0.25, 0.3) is 0 Å². The fraction of sp³-hybridized carbons (Fsp3) is 0.0714. The molecule has 0 atom stereocenters. The first-order valence-electron chi connectivity index (χ1n) is 5.45. The Hall–Kier alpha value is -1.87. The molecule has 0 aliphatic rings. The van der Waals surface area contributed by atoms with Crippen LogP contribution in [0.4, 0.5) is 5.82 Å². The number of hydrogen-bond acceptors (Lipinski definition) is 3. The summed E-state index contributed by atoms with van der Waals surface area (Å²) in [5.74, 6) is 0.603. The smallest absolute Gasteiger partial charge is 0.131 e. The Morgan fingerprint density at radius 1 is 1.18 bits per heavy atom. The number of fused-ring (bicyclic) bond motifs is 1. The zero-order valence-corrected chi connectivity index (χ0v) is 10.3. The monoisotopic (exact) mass is 240 g/mol. The molecule has 0 saturated heterocycles. The first-order chi connectivity index (χ1) is 8.27. The standard InChI is InChI=1S/C14H12N2S/c1-9-5-7-16-14(15)12(9)11-4-2-3-10-6-8-17-13(10)11/h2-8H,1H3,(H2,15,16). The number of benzene rings is 1. The molecule has 2 N–H and O–H groups in total. The second-order valence-corrected chi connectivity index (χ2v) is 4.95. The normalized spacial score (nSPS) is 10.9. The van der Waals surface area contributed by atoms with Crippen LogP contribution < -0.4 is 5.73 Å². The van der Waals surface area contributed by atoms with Gasteiger partial charge in [0.05, 0.1) is 0 Å². The lowest BCUT2D eigenvalue weighted by molar-refractivity contribution is 1.30. The van der Waals surface area contributed by atoms with Crippen molar-refractivity contribution in [2.24, 2.45) is 0 Å². The van der Waals surface area contributed by atoms with Crippen LogP contribution in [0.1, 0.15) is 5.56 Å². The average molecular weight is 240 g/mol. The van der Waals surface area contributed by atoms with Crippen LogP contribution in [0.2, 0.25) is 0 Å². The Labute approximate surface area is 104 Å². The summed E-state index contributed by atoms with van der Waals surface area (Å²) >= 11 is 1.74. The lowest BCUT2D eigenvalue weighted by atomic mass is 10.0. The van der Waals surface area contributed by atoms with Crippen LogP contribution in [0, 0.1) is 6.92 Å². The number of nitrogens with zero attached hydrogens (tertiary/aromatic N) is 1. The van der Waals surface area contributed by atoms with Crippen molar-refractivity contribution in [3.8, 4) is 11.1 Å². The van der Waals surface area contributed by atoms with Crippen molar-refractivity contribution in [1.29, 1.82) is 0 Å². The van der Waals surface area contributed by atoms with Gasteiger partial charge >= 0.3 is 0 Å². The maximum absolute atomic E-state index is 6.01. The number of nitrogens with two attached hydrogens (primary N) is 1. The van der Waals surface area contributed by atoms with Crippen LogP contribution in [-0.2, 0) is 0 Å². The molecule has 0 aliphatic carbocycles. The minimum atomic E-state index is 0.603. The predicted molar refractivity (Wildman–Crippen MR) is 74.2 cm³/mol. The van der Waals surface area contributed by atoms with Crippen LogP contribution in [0.3, 0.4) is 0 Å². The number of pyridine rings is 1. The summed E-state index contributed by atoms with van der Waals surface area (Å²) in [5.41, 5.74) is 9.41. The number of aryl methyl sites for hydroxylation is 1. The van der Waals surface area contributed by atoms with E-state index in [1.807, 2.05) is 6.07 Å². The minimum absolute atomic E-state index is 0.603. The highest BCUT2D eigenvalue weighted by atomic mass is 32.1. The minimum Gasteiger partial charge on any atom is -0.383 e. The molecule has 0 amide bonds. The van der Waals surface area contributed by atoms with Gasteiger partial charge in [0.1, 0.15) is 5.82 Å². The largest absolute Gasteiger partial charge is 0.383 e. The van der Waals surface area contributed by atoms with Crippen molar-refractivity contribution in [3.63, 3.8) is 0 Å². The van der Waals surface area contributed by atoms with E-state index in [9.17, 15) is 0 Å². The van der Waals surface area contributed by atoms with Crippen molar-refractivity contribution in [1.82, 2.24) is 4.98 Å². The van der Waals surface area contributed by atoms with Crippen LogP contribution >= 0.6 is 11.3 Å². The highest BCUT2D eigenvalue weighted by Crippen LogP contribution is 2.36. The molecule has 0 unspecified atom stereocenters. The van der Waals surface area contributed by atoms with E-state index in [1.165, 1.54) is 21.2 Å². The highest BCUT2D eigenvalue weighted by molar-refractivity contribution is 7.17. The summed E-state index contributed by atoms with van der Waals surface area (Å²) in [5, 5.41) is 3.37. The maximum Gasteiger partial charge on any atom is 0.131 e. The molecule has 2 heterocycles. The Bertz CT molecular complexity index is 665. The Kier molecular flexibility index (Phi) is 2.34. The molecule has 0 radical (unpaired) electrons. The number of aromatic nitrogens is 1. The Balaban J connectivity index is 2.38. The van der Waals surface area contributed by atoms with Crippen molar-refractivity contribution in [3.05, 3.63) is 47.5 Å². The maximum atomic E-state index is 6.01. The molecule has 3 heteroatoms. The molecule has 3 aromatic rings. The summed E-state index contributed by atoms with van der Waals surface area (Å²) in [4.78, 5) is 4.19. The molecule has 0 aliphatic heterocycles. The van der Waals surface area contributed by atoms with Gasteiger partial charge in [-0.25, -0.2) is 4.98 Å². The van der Waals surface area contributed by atoms with Crippen molar-refractivity contribution in [2.45, 2.75) is 6.92 Å². The zero-order valence-electron chi connectivity index (χ0n) is 9.47. The molecule has 0 saturated carbocycles. The van der Waals surface area contributed by atoms with Gasteiger partial charge in [0.2, 0.25) is 0 Å². The lowest BCUT2D eigenvalue weighted by Gasteiger charge is -2.09. The fourth-order valence-electron chi connectivity index (χ4n) is 2.12. The third-order valence-electron chi connectivity index (χ3n) is 2.94. The summed E-state index contributed by atoms with van der Waals surface area (Å²) in [6.45, 7) is 2.07. The van der Waals surface area contributed by atoms with E-state index < -0.39 is 0 Å². The molecule has 0 fully saturated rings. The van der Waals surface area contributed by atoms with Crippen molar-refractivity contribution < 1.29 is 0 Å². The SMILES string of the molecule is Cc1ccnc(N)c1-c1cccc2ccsc12. The van der Waals surface area contributed by atoms with E-state index in [1.54, 1.807) is 17.5 Å². The van der Waals surface area contributed by atoms with Gasteiger partial charge in [-0.1, -0.05) is 18.2 Å². The Morgan fingerprint density at radius 2 is 2.06 bits per heavy atom. The molecule has 2 nitrogen and oxygen atoms in total. The first-order valence-corrected chi connectivity index (χ1v) is 6.33. The van der Waals surface area contributed by atoms with E-state index >= 15 is 0 Å². The summed E-state index contributed by atoms with van der Waals surface area (Å²) in [6.07, 6.45) is 1.75. The Morgan fingerprint density at radius 3 is 2.88 bits per heavy atom. The molecule has 3 rings (SSSR count). The first kappa shape index (κ1) is 10.3. The van der Waals surface area contributed by atoms with E-state index in [4.69, 9.17) is 5.73 Å².